The second-order valence-corrected chi connectivity index (χ2v) is 9.70. The van der Waals surface area contributed by atoms with Crippen LogP contribution < -0.4 is 10.5 Å². The Morgan fingerprint density at radius 1 is 1.20 bits per heavy atom. The molecular formula is C21H26N4O3S2. The van der Waals surface area contributed by atoms with Gasteiger partial charge in [-0.05, 0) is 49.6 Å². The summed E-state index contributed by atoms with van der Waals surface area (Å²) in [5, 5.41) is 8.91. The zero-order valence-electron chi connectivity index (χ0n) is 17.3. The molecule has 0 fully saturated rings. The lowest BCUT2D eigenvalue weighted by Crippen LogP contribution is -2.16. The number of nitrogens with one attached hydrogen (secondary N) is 1. The fourth-order valence-corrected chi connectivity index (χ4v) is 4.60. The number of rotatable bonds is 8. The number of carbonyl (C=O) groups excluding carboxylic acids is 1. The van der Waals surface area contributed by atoms with Gasteiger partial charge in [0.25, 0.3) is 0 Å². The smallest absolute Gasteiger partial charge is 0.238 e. The lowest BCUT2D eigenvalue weighted by molar-refractivity contribution is -0.113. The maximum atomic E-state index is 12.6. The lowest BCUT2D eigenvalue weighted by atomic mass is 10.1. The first-order chi connectivity index (χ1) is 14.2. The van der Waals surface area contributed by atoms with Crippen LogP contribution in [0.15, 0.2) is 46.5 Å². The molecule has 0 unspecified atom stereocenters. The van der Waals surface area contributed by atoms with Crippen LogP contribution in [0.3, 0.4) is 0 Å². The summed E-state index contributed by atoms with van der Waals surface area (Å²) in [6.45, 7) is 6.76. The molecule has 9 heteroatoms. The van der Waals surface area contributed by atoms with Crippen LogP contribution in [0.5, 0.6) is 0 Å². The number of imidazole rings is 1. The summed E-state index contributed by atoms with van der Waals surface area (Å²) in [6, 6.07) is 10.6. The van der Waals surface area contributed by atoms with Crippen LogP contribution in [0, 0.1) is 13.8 Å². The van der Waals surface area contributed by atoms with Crippen molar-refractivity contribution < 1.29 is 13.2 Å². The van der Waals surface area contributed by atoms with Crippen molar-refractivity contribution in [1.29, 1.82) is 0 Å². The van der Waals surface area contributed by atoms with E-state index in [9.17, 15) is 13.2 Å². The Labute approximate surface area is 181 Å². The van der Waals surface area contributed by atoms with E-state index in [0.29, 0.717) is 10.7 Å². The fourth-order valence-electron chi connectivity index (χ4n) is 3.22. The van der Waals surface area contributed by atoms with E-state index in [0.717, 1.165) is 41.7 Å². The Hall–Kier alpha value is -2.36. The van der Waals surface area contributed by atoms with E-state index in [1.54, 1.807) is 6.07 Å². The van der Waals surface area contributed by atoms with Gasteiger partial charge in [-0.3, -0.25) is 4.79 Å². The van der Waals surface area contributed by atoms with Crippen molar-refractivity contribution in [2.45, 2.75) is 50.2 Å². The van der Waals surface area contributed by atoms with Crippen molar-refractivity contribution in [3.8, 4) is 0 Å². The van der Waals surface area contributed by atoms with Gasteiger partial charge in [0, 0.05) is 12.2 Å². The summed E-state index contributed by atoms with van der Waals surface area (Å²) >= 11 is 1.33. The quantitative estimate of drug-likeness (QED) is 0.511. The molecule has 0 atom stereocenters. The molecule has 3 aromatic rings. The van der Waals surface area contributed by atoms with E-state index in [4.69, 9.17) is 5.14 Å². The Bertz CT molecular complexity index is 1170. The first-order valence-corrected chi connectivity index (χ1v) is 12.3. The molecule has 3 N–H and O–H groups in total. The van der Waals surface area contributed by atoms with Crippen molar-refractivity contribution >= 4 is 44.4 Å². The highest BCUT2D eigenvalue weighted by molar-refractivity contribution is 7.99. The highest BCUT2D eigenvalue weighted by Gasteiger charge is 2.16. The van der Waals surface area contributed by atoms with Gasteiger partial charge in [-0.25, -0.2) is 18.5 Å². The normalized spacial score (nSPS) is 11.7. The standard InChI is InChI=1S/C21H26N4O3S2/c1-4-5-11-25-18-10-9-16(30(22,27)28)12-17(18)23-21(25)29-13-19(26)24-20-14(2)7-6-8-15(20)3/h6-10,12H,4-5,11,13H2,1-3H3,(H,24,26)(H2,22,27,28). The number of hydrogen-bond donors (Lipinski definition) is 2. The van der Waals surface area contributed by atoms with Gasteiger partial charge in [0.15, 0.2) is 5.16 Å². The number of sulfonamides is 1. The molecule has 1 aromatic heterocycles. The highest BCUT2D eigenvalue weighted by atomic mass is 32.2. The third kappa shape index (κ3) is 5.03. The van der Waals surface area contributed by atoms with Gasteiger partial charge in [0.2, 0.25) is 15.9 Å². The van der Waals surface area contributed by atoms with E-state index in [-0.39, 0.29) is 16.6 Å². The average molecular weight is 447 g/mol. The minimum atomic E-state index is -3.80. The number of carbonyl (C=O) groups is 1. The fraction of sp³-hybridized carbons (Fsp3) is 0.333. The minimum Gasteiger partial charge on any atom is -0.325 e. The molecule has 0 aliphatic heterocycles. The molecule has 3 rings (SSSR count). The van der Waals surface area contributed by atoms with E-state index in [1.807, 2.05) is 36.6 Å². The maximum Gasteiger partial charge on any atom is 0.238 e. The van der Waals surface area contributed by atoms with E-state index in [2.05, 4.69) is 17.2 Å². The monoisotopic (exact) mass is 446 g/mol. The number of unbranched alkanes of at least 4 members (excludes halogenated alkanes) is 1. The summed E-state index contributed by atoms with van der Waals surface area (Å²) < 4.78 is 25.4. The third-order valence-corrected chi connectivity index (χ3v) is 6.71. The van der Waals surface area contributed by atoms with Gasteiger partial charge in [-0.1, -0.05) is 43.3 Å². The summed E-state index contributed by atoms with van der Waals surface area (Å²) in [6.07, 6.45) is 1.96. The van der Waals surface area contributed by atoms with Crippen LogP contribution in [0.25, 0.3) is 11.0 Å². The number of amides is 1. The first-order valence-electron chi connectivity index (χ1n) is 9.72. The SMILES string of the molecule is CCCCn1c(SCC(=O)Nc2c(C)cccc2C)nc2cc(S(N)(=O)=O)ccc21. The van der Waals surface area contributed by atoms with Crippen LogP contribution in [-0.2, 0) is 21.4 Å². The molecule has 2 aromatic carbocycles. The largest absolute Gasteiger partial charge is 0.325 e. The number of thioether (sulfide) groups is 1. The van der Waals surface area contributed by atoms with Crippen LogP contribution in [0.2, 0.25) is 0 Å². The summed E-state index contributed by atoms with van der Waals surface area (Å²) in [7, 11) is -3.80. The van der Waals surface area contributed by atoms with Crippen LogP contribution in [-0.4, -0.2) is 29.6 Å². The van der Waals surface area contributed by atoms with Crippen LogP contribution in [0.1, 0.15) is 30.9 Å². The molecule has 0 saturated heterocycles. The number of nitrogens with zero attached hydrogens (tertiary/aromatic N) is 2. The number of aromatic nitrogens is 2. The molecule has 1 heterocycles. The second-order valence-electron chi connectivity index (χ2n) is 7.20. The Balaban J connectivity index is 1.84. The topological polar surface area (TPSA) is 107 Å². The molecule has 160 valence electrons. The molecule has 7 nitrogen and oxygen atoms in total. The maximum absolute atomic E-state index is 12.6. The molecule has 0 bridgehead atoms. The number of fused-ring (bicyclic) bond motifs is 1. The number of aryl methyl sites for hydroxylation is 3. The summed E-state index contributed by atoms with van der Waals surface area (Å²) in [4.78, 5) is 17.2. The van der Waals surface area contributed by atoms with Crippen molar-refractivity contribution in [3.05, 3.63) is 47.5 Å². The van der Waals surface area contributed by atoms with Gasteiger partial charge >= 0.3 is 0 Å². The molecule has 0 radical (unpaired) electrons. The van der Waals surface area contributed by atoms with Crippen molar-refractivity contribution in [3.63, 3.8) is 0 Å². The van der Waals surface area contributed by atoms with Gasteiger partial charge in [0.05, 0.1) is 21.7 Å². The average Bonchev–Trinajstić information content (AvgIpc) is 3.03. The van der Waals surface area contributed by atoms with E-state index < -0.39 is 10.0 Å². The molecular weight excluding hydrogens is 420 g/mol. The molecule has 0 aliphatic rings. The number of benzene rings is 2. The predicted molar refractivity (Wildman–Crippen MR) is 121 cm³/mol. The molecule has 0 aliphatic carbocycles. The Morgan fingerprint density at radius 3 is 2.53 bits per heavy atom. The zero-order valence-corrected chi connectivity index (χ0v) is 18.9. The second kappa shape index (κ2) is 9.20. The van der Waals surface area contributed by atoms with Crippen LogP contribution >= 0.6 is 11.8 Å². The number of anilines is 1. The van der Waals surface area contributed by atoms with Crippen molar-refractivity contribution in [1.82, 2.24) is 9.55 Å². The van der Waals surface area contributed by atoms with Gasteiger partial charge in [-0.2, -0.15) is 0 Å². The summed E-state index contributed by atoms with van der Waals surface area (Å²) in [5.74, 6) is 0.0855. The number of hydrogen-bond acceptors (Lipinski definition) is 5. The van der Waals surface area contributed by atoms with Gasteiger partial charge in [0.1, 0.15) is 0 Å². The first kappa shape index (κ1) is 22.3. The molecule has 30 heavy (non-hydrogen) atoms. The zero-order chi connectivity index (χ0) is 21.9. The van der Waals surface area contributed by atoms with E-state index >= 15 is 0 Å². The van der Waals surface area contributed by atoms with Gasteiger partial charge in [-0.15, -0.1) is 0 Å². The van der Waals surface area contributed by atoms with E-state index in [1.165, 1.54) is 23.9 Å². The molecule has 0 saturated carbocycles. The third-order valence-electron chi connectivity index (χ3n) is 4.83. The van der Waals surface area contributed by atoms with Gasteiger partial charge < -0.3 is 9.88 Å². The van der Waals surface area contributed by atoms with Crippen molar-refractivity contribution in [2.24, 2.45) is 5.14 Å². The van der Waals surface area contributed by atoms with Crippen LogP contribution in [0.4, 0.5) is 5.69 Å². The summed E-state index contributed by atoms with van der Waals surface area (Å²) in [5.41, 5.74) is 4.24. The number of para-hydroxylation sites is 1. The predicted octanol–water partition coefficient (Wildman–Crippen LogP) is 3.83. The lowest BCUT2D eigenvalue weighted by Gasteiger charge is -2.12. The molecule has 1 amide bonds. The molecule has 0 spiro atoms. The highest BCUT2D eigenvalue weighted by Crippen LogP contribution is 2.27. The number of primary sulfonamides is 1. The Morgan fingerprint density at radius 2 is 1.90 bits per heavy atom. The van der Waals surface area contributed by atoms with Crippen molar-refractivity contribution in [2.75, 3.05) is 11.1 Å². The Kier molecular flexibility index (Phi) is 6.84. The number of nitrogens with two attached hydrogens (primary N) is 1. The minimum absolute atomic E-state index is 0.0273.